The molecule has 0 atom stereocenters. The summed E-state index contributed by atoms with van der Waals surface area (Å²) in [6.07, 6.45) is 0.657. The van der Waals surface area contributed by atoms with Gasteiger partial charge in [-0.1, -0.05) is 23.7 Å². The largest absolute Gasteiger partial charge is 0.298 e. The first-order valence-corrected chi connectivity index (χ1v) is 5.11. The van der Waals surface area contributed by atoms with Gasteiger partial charge >= 0.3 is 0 Å². The van der Waals surface area contributed by atoms with Crippen molar-refractivity contribution < 1.29 is 17.4 Å². The number of benzene rings is 1. The zero-order valence-corrected chi connectivity index (χ0v) is 8.63. The van der Waals surface area contributed by atoms with Gasteiger partial charge < -0.3 is 0 Å². The molecule has 0 fully saturated rings. The number of carbonyl (C=O) groups is 1. The van der Waals surface area contributed by atoms with Crippen LogP contribution in [0.5, 0.6) is 0 Å². The molecule has 0 aliphatic rings. The molecule has 1 rings (SSSR count). The number of aldehydes is 1. The number of thiol groups is 1. The van der Waals surface area contributed by atoms with Crippen LogP contribution in [0.15, 0.2) is 18.2 Å². The molecule has 0 bridgehead atoms. The molecular weight excluding hydrogens is 228 g/mol. The fourth-order valence-corrected chi connectivity index (χ4v) is 1.36. The Morgan fingerprint density at radius 3 is 2.64 bits per heavy atom. The Labute approximate surface area is 87.6 Å². The van der Waals surface area contributed by atoms with Gasteiger partial charge in [0.2, 0.25) is 0 Å². The minimum atomic E-state index is -2.88. The monoisotopic (exact) mass is 234 g/mol. The van der Waals surface area contributed by atoms with Crippen LogP contribution < -0.4 is 0 Å². The van der Waals surface area contributed by atoms with Crippen LogP contribution in [0, 0.1) is 0 Å². The molecule has 0 radical (unpaired) electrons. The summed E-state index contributed by atoms with van der Waals surface area (Å²) < 4.78 is 24.6. The standard InChI is InChI=1S/C8H7ClO4S/c9-8-3-6(4-10)1-2-7(8)5-13-14(11)12/h1-4,14H,5H2. The normalized spacial score (nSPS) is 10.4. The van der Waals surface area contributed by atoms with Crippen LogP contribution in [-0.4, -0.2) is 14.7 Å². The first kappa shape index (κ1) is 11.2. The second-order valence-corrected chi connectivity index (χ2v) is 3.58. The van der Waals surface area contributed by atoms with Crippen LogP contribution in [0.4, 0.5) is 0 Å². The van der Waals surface area contributed by atoms with Gasteiger partial charge in [-0.3, -0.25) is 8.98 Å². The summed E-state index contributed by atoms with van der Waals surface area (Å²) in [6, 6.07) is 4.53. The molecule has 0 saturated carbocycles. The number of carbonyl (C=O) groups excluding carboxylic acids is 1. The Hall–Kier alpha value is -0.910. The van der Waals surface area contributed by atoms with Gasteiger partial charge in [0.15, 0.2) is 0 Å². The zero-order chi connectivity index (χ0) is 10.6. The third-order valence-corrected chi connectivity index (χ3v) is 2.23. The maximum absolute atomic E-state index is 10.3. The second-order valence-electron chi connectivity index (χ2n) is 2.47. The predicted octanol–water partition coefficient (Wildman–Crippen LogP) is 1.20. The Bertz CT molecular complexity index is 406. The van der Waals surface area contributed by atoms with Crippen molar-refractivity contribution in [1.29, 1.82) is 0 Å². The van der Waals surface area contributed by atoms with Crippen molar-refractivity contribution in [2.24, 2.45) is 0 Å². The van der Waals surface area contributed by atoms with Gasteiger partial charge in [-0.05, 0) is 11.6 Å². The van der Waals surface area contributed by atoms with Gasteiger partial charge in [-0.2, -0.15) is 0 Å². The first-order chi connectivity index (χ1) is 6.63. The summed E-state index contributed by atoms with van der Waals surface area (Å²) in [5.74, 6) is 0. The molecule has 14 heavy (non-hydrogen) atoms. The third-order valence-electron chi connectivity index (χ3n) is 1.54. The number of hydrogen-bond donors (Lipinski definition) is 1. The highest BCUT2D eigenvalue weighted by Crippen LogP contribution is 2.17. The van der Waals surface area contributed by atoms with Crippen molar-refractivity contribution in [3.63, 3.8) is 0 Å². The molecule has 0 aromatic heterocycles. The van der Waals surface area contributed by atoms with Gasteiger partial charge in [0.25, 0.3) is 11.0 Å². The highest BCUT2D eigenvalue weighted by atomic mass is 35.5. The van der Waals surface area contributed by atoms with Gasteiger partial charge in [0.05, 0.1) is 6.61 Å². The lowest BCUT2D eigenvalue weighted by molar-refractivity contribution is 0.112. The molecule has 0 saturated heterocycles. The van der Waals surface area contributed by atoms with E-state index in [-0.39, 0.29) is 6.61 Å². The zero-order valence-electron chi connectivity index (χ0n) is 6.97. The highest BCUT2D eigenvalue weighted by Gasteiger charge is 2.02. The molecule has 1 aromatic carbocycles. The van der Waals surface area contributed by atoms with Crippen molar-refractivity contribution in [1.82, 2.24) is 0 Å². The number of hydrogen-bond acceptors (Lipinski definition) is 4. The van der Waals surface area contributed by atoms with Crippen LogP contribution in [0.3, 0.4) is 0 Å². The lowest BCUT2D eigenvalue weighted by Gasteiger charge is -2.01. The van der Waals surface area contributed by atoms with Crippen LogP contribution in [0.1, 0.15) is 15.9 Å². The van der Waals surface area contributed by atoms with Crippen LogP contribution in [0.2, 0.25) is 5.02 Å². The summed E-state index contributed by atoms with van der Waals surface area (Å²) in [5, 5.41) is 0.312. The van der Waals surface area contributed by atoms with E-state index in [0.717, 1.165) is 0 Å². The van der Waals surface area contributed by atoms with E-state index in [4.69, 9.17) is 11.6 Å². The van der Waals surface area contributed by atoms with E-state index in [0.29, 0.717) is 22.4 Å². The lowest BCUT2D eigenvalue weighted by atomic mass is 10.1. The third kappa shape index (κ3) is 3.10. The van der Waals surface area contributed by atoms with Crippen molar-refractivity contribution in [3.8, 4) is 0 Å². The van der Waals surface area contributed by atoms with Crippen molar-refractivity contribution in [3.05, 3.63) is 34.3 Å². The average Bonchev–Trinajstić information content (AvgIpc) is 2.15. The Kier molecular flexibility index (Phi) is 4.06. The van der Waals surface area contributed by atoms with E-state index >= 15 is 0 Å². The molecule has 0 heterocycles. The average molecular weight is 235 g/mol. The second kappa shape index (κ2) is 5.09. The minimum absolute atomic E-state index is 0.114. The summed E-state index contributed by atoms with van der Waals surface area (Å²) >= 11 is 5.76. The lowest BCUT2D eigenvalue weighted by Crippen LogP contribution is -1.93. The van der Waals surface area contributed by atoms with Crippen LogP contribution in [-0.2, 0) is 21.8 Å². The fourth-order valence-electron chi connectivity index (χ4n) is 0.876. The fraction of sp³-hybridized carbons (Fsp3) is 0.125. The van der Waals surface area contributed by atoms with Crippen molar-refractivity contribution in [2.75, 3.05) is 0 Å². The van der Waals surface area contributed by atoms with Gasteiger partial charge in [-0.25, -0.2) is 8.42 Å². The maximum atomic E-state index is 10.3. The van der Waals surface area contributed by atoms with Gasteiger partial charge in [0.1, 0.15) is 6.29 Å². The maximum Gasteiger partial charge on any atom is 0.257 e. The van der Waals surface area contributed by atoms with E-state index in [1.807, 2.05) is 0 Å². The summed E-state index contributed by atoms with van der Waals surface area (Å²) in [4.78, 5) is 10.3. The summed E-state index contributed by atoms with van der Waals surface area (Å²) in [5.41, 5.74) is 0.960. The Morgan fingerprint density at radius 1 is 1.43 bits per heavy atom. The van der Waals surface area contributed by atoms with Crippen LogP contribution >= 0.6 is 11.6 Å². The molecular formula is C8H7ClO4S. The summed E-state index contributed by atoms with van der Waals surface area (Å²) in [6.45, 7) is -0.114. The molecule has 76 valence electrons. The highest BCUT2D eigenvalue weighted by molar-refractivity contribution is 7.67. The Morgan fingerprint density at radius 2 is 2.14 bits per heavy atom. The first-order valence-electron chi connectivity index (χ1n) is 3.64. The minimum Gasteiger partial charge on any atom is -0.298 e. The quantitative estimate of drug-likeness (QED) is 0.628. The molecule has 0 unspecified atom stereocenters. The molecule has 1 aromatic rings. The van der Waals surface area contributed by atoms with E-state index in [1.54, 1.807) is 6.07 Å². The number of rotatable bonds is 4. The molecule has 0 spiro atoms. The topological polar surface area (TPSA) is 60.4 Å². The molecule has 4 nitrogen and oxygen atoms in total. The van der Waals surface area contributed by atoms with Gasteiger partial charge in [-0.15, -0.1) is 0 Å². The molecule has 6 heteroatoms. The molecule has 0 N–H and O–H groups in total. The van der Waals surface area contributed by atoms with E-state index in [9.17, 15) is 13.2 Å². The molecule has 0 amide bonds. The van der Waals surface area contributed by atoms with E-state index < -0.39 is 11.0 Å². The van der Waals surface area contributed by atoms with Crippen molar-refractivity contribution >= 4 is 28.9 Å². The van der Waals surface area contributed by atoms with Gasteiger partial charge in [0, 0.05) is 10.6 Å². The predicted molar refractivity (Wildman–Crippen MR) is 51.9 cm³/mol. The summed E-state index contributed by atoms with van der Waals surface area (Å²) in [7, 11) is -2.88. The number of halogens is 1. The molecule has 0 aliphatic heterocycles. The van der Waals surface area contributed by atoms with Crippen LogP contribution in [0.25, 0.3) is 0 Å². The SMILES string of the molecule is O=Cc1ccc(CO[SH](=O)=O)c(Cl)c1. The van der Waals surface area contributed by atoms with E-state index in [2.05, 4.69) is 4.18 Å². The molecule has 0 aliphatic carbocycles. The Balaban J connectivity index is 2.83. The van der Waals surface area contributed by atoms with E-state index in [1.165, 1.54) is 12.1 Å². The smallest absolute Gasteiger partial charge is 0.257 e. The van der Waals surface area contributed by atoms with Crippen molar-refractivity contribution in [2.45, 2.75) is 6.61 Å².